The molecule has 2 amide bonds. The molecule has 144 valence electrons. The van der Waals surface area contributed by atoms with E-state index in [4.69, 9.17) is 0 Å². The van der Waals surface area contributed by atoms with Gasteiger partial charge in [0.1, 0.15) is 5.82 Å². The molecule has 0 radical (unpaired) electrons. The zero-order valence-corrected chi connectivity index (χ0v) is 14.0. The van der Waals surface area contributed by atoms with Crippen molar-refractivity contribution >= 4 is 6.03 Å². The highest BCUT2D eigenvalue weighted by Gasteiger charge is 2.29. The summed E-state index contributed by atoms with van der Waals surface area (Å²) in [6.45, 7) is -1.53. The van der Waals surface area contributed by atoms with Crippen molar-refractivity contribution in [3.05, 3.63) is 53.1 Å². The molecule has 3 rings (SSSR count). The molecule has 1 atom stereocenters. The number of urea groups is 1. The molecule has 2 N–H and O–H groups in total. The van der Waals surface area contributed by atoms with Crippen LogP contribution in [0.25, 0.3) is 0 Å². The average molecular weight is 384 g/mol. The molecule has 0 spiro atoms. The number of carbonyl (C=O) groups is 1. The Morgan fingerprint density at radius 3 is 2.89 bits per heavy atom. The summed E-state index contributed by atoms with van der Waals surface area (Å²) < 4.78 is 54.3. The summed E-state index contributed by atoms with van der Waals surface area (Å²) in [6.07, 6.45) is -1.85. The Morgan fingerprint density at radius 2 is 2.11 bits per heavy atom. The lowest BCUT2D eigenvalue weighted by atomic mass is 10.1. The Morgan fingerprint density at radius 1 is 1.30 bits per heavy atom. The van der Waals surface area contributed by atoms with E-state index < -0.39 is 24.8 Å². The van der Waals surface area contributed by atoms with Crippen molar-refractivity contribution in [1.29, 1.82) is 0 Å². The second-order valence-electron chi connectivity index (χ2n) is 6.00. The Balaban J connectivity index is 1.52. The zero-order valence-electron chi connectivity index (χ0n) is 14.0. The van der Waals surface area contributed by atoms with E-state index in [9.17, 15) is 22.4 Å². The summed E-state index contributed by atoms with van der Waals surface area (Å²) in [4.78, 5) is 19.5. The summed E-state index contributed by atoms with van der Waals surface area (Å²) in [6, 6.07) is 4.72. The quantitative estimate of drug-likeness (QED) is 0.777. The average Bonchev–Trinajstić information content (AvgIpc) is 3.00. The molecular formula is C17H16F4N4O2. The second kappa shape index (κ2) is 7.77. The number of hydrogen-bond donors (Lipinski definition) is 2. The molecule has 0 saturated heterocycles. The van der Waals surface area contributed by atoms with Gasteiger partial charge in [0.25, 0.3) is 0 Å². The van der Waals surface area contributed by atoms with Gasteiger partial charge in [-0.15, -0.1) is 0 Å². The minimum Gasteiger partial charge on any atom is -0.454 e. The molecule has 0 saturated carbocycles. The van der Waals surface area contributed by atoms with E-state index in [0.717, 1.165) is 17.5 Å². The zero-order chi connectivity index (χ0) is 19.4. The predicted molar refractivity (Wildman–Crippen MR) is 86.4 cm³/mol. The molecule has 1 aliphatic carbocycles. The third kappa shape index (κ3) is 5.28. The number of aryl methyl sites for hydroxylation is 1. The van der Waals surface area contributed by atoms with Gasteiger partial charge in [-0.05, 0) is 42.2 Å². The maximum absolute atomic E-state index is 13.4. The monoisotopic (exact) mass is 384 g/mol. The molecule has 2 aromatic rings. The van der Waals surface area contributed by atoms with Crippen LogP contribution in [0.15, 0.2) is 30.5 Å². The van der Waals surface area contributed by atoms with E-state index in [1.807, 2.05) is 0 Å². The lowest BCUT2D eigenvalue weighted by Gasteiger charge is -2.15. The molecule has 6 nitrogen and oxygen atoms in total. The number of hydrogen-bond acceptors (Lipinski definition) is 4. The summed E-state index contributed by atoms with van der Waals surface area (Å²) in [7, 11) is 0. The molecule has 0 bridgehead atoms. The van der Waals surface area contributed by atoms with Crippen LogP contribution in [0.3, 0.4) is 0 Å². The van der Waals surface area contributed by atoms with Gasteiger partial charge >= 0.3 is 18.2 Å². The number of halogens is 4. The van der Waals surface area contributed by atoms with E-state index in [-0.39, 0.29) is 24.1 Å². The molecule has 1 heterocycles. The van der Waals surface area contributed by atoms with Gasteiger partial charge in [0.15, 0.2) is 6.61 Å². The van der Waals surface area contributed by atoms with Crippen LogP contribution in [0, 0.1) is 5.82 Å². The third-order valence-corrected chi connectivity index (χ3v) is 3.98. The fraction of sp³-hybridized carbons (Fsp3) is 0.353. The topological polar surface area (TPSA) is 76.1 Å². The van der Waals surface area contributed by atoms with Crippen LogP contribution in [0.2, 0.25) is 0 Å². The number of nitrogens with one attached hydrogen (secondary N) is 2. The Bertz CT molecular complexity index is 829. The van der Waals surface area contributed by atoms with Crippen molar-refractivity contribution in [3.63, 3.8) is 0 Å². The van der Waals surface area contributed by atoms with E-state index in [1.54, 1.807) is 6.07 Å². The number of amides is 2. The molecule has 27 heavy (non-hydrogen) atoms. The van der Waals surface area contributed by atoms with Crippen molar-refractivity contribution in [1.82, 2.24) is 20.6 Å². The molecular weight excluding hydrogens is 368 g/mol. The predicted octanol–water partition coefficient (Wildman–Crippen LogP) is 3.04. The summed E-state index contributed by atoms with van der Waals surface area (Å²) in [5, 5.41) is 5.31. The second-order valence-corrected chi connectivity index (χ2v) is 6.00. The van der Waals surface area contributed by atoms with Crippen molar-refractivity contribution < 1.29 is 27.1 Å². The molecule has 1 unspecified atom stereocenters. The summed E-state index contributed by atoms with van der Waals surface area (Å²) >= 11 is 0. The van der Waals surface area contributed by atoms with Gasteiger partial charge < -0.3 is 15.4 Å². The first-order valence-corrected chi connectivity index (χ1v) is 8.14. The molecule has 10 heteroatoms. The van der Waals surface area contributed by atoms with Gasteiger partial charge in [-0.3, -0.25) is 0 Å². The highest BCUT2D eigenvalue weighted by Crippen LogP contribution is 2.31. The van der Waals surface area contributed by atoms with E-state index in [1.165, 1.54) is 24.4 Å². The molecule has 1 aromatic heterocycles. The van der Waals surface area contributed by atoms with Gasteiger partial charge in [0.05, 0.1) is 18.3 Å². The van der Waals surface area contributed by atoms with Crippen LogP contribution >= 0.6 is 0 Å². The number of benzene rings is 1. The van der Waals surface area contributed by atoms with Crippen LogP contribution in [0.1, 0.15) is 29.3 Å². The van der Waals surface area contributed by atoms with Crippen molar-refractivity contribution in [2.45, 2.75) is 31.6 Å². The number of rotatable bonds is 5. The maximum atomic E-state index is 13.4. The van der Waals surface area contributed by atoms with Gasteiger partial charge in [-0.1, -0.05) is 6.07 Å². The van der Waals surface area contributed by atoms with Crippen LogP contribution in [-0.2, 0) is 13.0 Å². The molecule has 0 fully saturated rings. The fourth-order valence-corrected chi connectivity index (χ4v) is 2.79. The highest BCUT2D eigenvalue weighted by molar-refractivity contribution is 5.74. The number of carbonyl (C=O) groups excluding carboxylic acids is 1. The summed E-state index contributed by atoms with van der Waals surface area (Å²) in [5.41, 5.74) is 2.02. The highest BCUT2D eigenvalue weighted by atomic mass is 19.4. The number of nitrogens with zero attached hydrogens (tertiary/aromatic N) is 2. The molecule has 0 aliphatic heterocycles. The number of ether oxygens (including phenoxy) is 1. The number of alkyl halides is 3. The normalized spacial score (nSPS) is 15.9. The van der Waals surface area contributed by atoms with Crippen LogP contribution in [0.5, 0.6) is 6.01 Å². The van der Waals surface area contributed by atoms with Crippen LogP contribution in [0.4, 0.5) is 22.4 Å². The number of aromatic nitrogens is 2. The first-order chi connectivity index (χ1) is 12.8. The minimum atomic E-state index is -4.49. The molecule has 1 aliphatic rings. The lowest BCUT2D eigenvalue weighted by Crippen LogP contribution is -2.37. The smallest absolute Gasteiger partial charge is 0.422 e. The minimum absolute atomic E-state index is 0.0283. The lowest BCUT2D eigenvalue weighted by molar-refractivity contribution is -0.154. The Kier molecular flexibility index (Phi) is 5.43. The van der Waals surface area contributed by atoms with E-state index in [2.05, 4.69) is 25.3 Å². The van der Waals surface area contributed by atoms with Crippen molar-refractivity contribution in [2.24, 2.45) is 0 Å². The van der Waals surface area contributed by atoms with Gasteiger partial charge in [0, 0.05) is 6.20 Å². The van der Waals surface area contributed by atoms with E-state index in [0.29, 0.717) is 6.42 Å². The van der Waals surface area contributed by atoms with Crippen molar-refractivity contribution in [3.8, 4) is 6.01 Å². The largest absolute Gasteiger partial charge is 0.454 e. The van der Waals surface area contributed by atoms with Gasteiger partial charge in [-0.2, -0.15) is 18.2 Å². The SMILES string of the molecule is O=C(NCc1ccnc(OCC(F)(F)F)n1)NC1CCc2ccc(F)cc21. The Hall–Kier alpha value is -2.91. The van der Waals surface area contributed by atoms with E-state index >= 15 is 0 Å². The first kappa shape index (κ1) is 18.9. The maximum Gasteiger partial charge on any atom is 0.422 e. The van der Waals surface area contributed by atoms with Crippen molar-refractivity contribution in [2.75, 3.05) is 6.61 Å². The third-order valence-electron chi connectivity index (χ3n) is 3.98. The van der Waals surface area contributed by atoms with Crippen LogP contribution < -0.4 is 15.4 Å². The standard InChI is InChI=1S/C17H16F4N4O2/c18-11-3-1-10-2-4-14(13(10)7-11)25-15(26)23-8-12-5-6-22-16(24-12)27-9-17(19,20)21/h1,3,5-7,14H,2,4,8-9H2,(H2,23,25,26). The number of fused-ring (bicyclic) bond motifs is 1. The fourth-order valence-electron chi connectivity index (χ4n) is 2.79. The van der Waals surface area contributed by atoms with Gasteiger partial charge in [-0.25, -0.2) is 14.2 Å². The summed E-state index contributed by atoms with van der Waals surface area (Å²) in [5.74, 6) is -0.366. The molecule has 1 aromatic carbocycles. The van der Waals surface area contributed by atoms with Gasteiger partial charge in [0.2, 0.25) is 0 Å². The Labute approximate surface area is 152 Å². The van der Waals surface area contributed by atoms with Crippen LogP contribution in [-0.4, -0.2) is 28.8 Å². The first-order valence-electron chi connectivity index (χ1n) is 8.14.